The second-order valence-electron chi connectivity index (χ2n) is 5.45. The SMILES string of the molecule is COc1cccc(/C=C/C(=O)OCc2cc(C)ccc2C)c1OC. The first kappa shape index (κ1) is 17.6. The Kier molecular flexibility index (Phi) is 6.01. The van der Waals surface area contributed by atoms with Crippen molar-refractivity contribution in [2.45, 2.75) is 20.5 Å². The maximum atomic E-state index is 12.0. The lowest BCUT2D eigenvalue weighted by Crippen LogP contribution is -2.02. The van der Waals surface area contributed by atoms with Crippen molar-refractivity contribution >= 4 is 12.0 Å². The van der Waals surface area contributed by atoms with Crippen LogP contribution >= 0.6 is 0 Å². The first-order valence-electron chi connectivity index (χ1n) is 7.67. The van der Waals surface area contributed by atoms with Crippen LogP contribution in [0.1, 0.15) is 22.3 Å². The fourth-order valence-electron chi connectivity index (χ4n) is 2.35. The van der Waals surface area contributed by atoms with Gasteiger partial charge in [-0.15, -0.1) is 0 Å². The number of carbonyl (C=O) groups excluding carboxylic acids is 1. The summed E-state index contributed by atoms with van der Waals surface area (Å²) < 4.78 is 15.9. The Bertz CT molecular complexity index is 747. The van der Waals surface area contributed by atoms with Crippen molar-refractivity contribution in [3.05, 3.63) is 64.7 Å². The van der Waals surface area contributed by atoms with Crippen molar-refractivity contribution in [1.29, 1.82) is 0 Å². The second kappa shape index (κ2) is 8.20. The minimum Gasteiger partial charge on any atom is -0.493 e. The molecule has 0 aliphatic heterocycles. The highest BCUT2D eigenvalue weighted by atomic mass is 16.5. The molecule has 2 aromatic carbocycles. The Hall–Kier alpha value is -2.75. The molecule has 4 nitrogen and oxygen atoms in total. The van der Waals surface area contributed by atoms with Gasteiger partial charge >= 0.3 is 5.97 Å². The van der Waals surface area contributed by atoms with Crippen LogP contribution in [0.3, 0.4) is 0 Å². The van der Waals surface area contributed by atoms with E-state index in [-0.39, 0.29) is 6.61 Å². The Morgan fingerprint density at radius 2 is 1.88 bits per heavy atom. The summed E-state index contributed by atoms with van der Waals surface area (Å²) in [5.41, 5.74) is 4.01. The summed E-state index contributed by atoms with van der Waals surface area (Å²) >= 11 is 0. The Labute approximate surface area is 142 Å². The molecule has 0 N–H and O–H groups in total. The molecule has 0 fully saturated rings. The Morgan fingerprint density at radius 1 is 1.08 bits per heavy atom. The number of methoxy groups -OCH3 is 2. The summed E-state index contributed by atoms with van der Waals surface area (Å²) in [4.78, 5) is 12.0. The predicted molar refractivity (Wildman–Crippen MR) is 94.3 cm³/mol. The number of para-hydroxylation sites is 1. The third-order valence-corrected chi connectivity index (χ3v) is 3.71. The van der Waals surface area contributed by atoms with Crippen molar-refractivity contribution in [2.75, 3.05) is 14.2 Å². The minimum absolute atomic E-state index is 0.256. The summed E-state index contributed by atoms with van der Waals surface area (Å²) in [6.07, 6.45) is 3.05. The van der Waals surface area contributed by atoms with E-state index in [1.54, 1.807) is 26.4 Å². The Morgan fingerprint density at radius 3 is 2.58 bits per heavy atom. The number of ether oxygens (including phenoxy) is 3. The molecule has 0 saturated heterocycles. The number of hydrogen-bond acceptors (Lipinski definition) is 4. The van der Waals surface area contributed by atoms with Crippen molar-refractivity contribution in [3.63, 3.8) is 0 Å². The highest BCUT2D eigenvalue weighted by molar-refractivity contribution is 5.87. The van der Waals surface area contributed by atoms with E-state index in [1.165, 1.54) is 6.08 Å². The fraction of sp³-hybridized carbons (Fsp3) is 0.250. The van der Waals surface area contributed by atoms with Crippen LogP contribution in [0.25, 0.3) is 6.08 Å². The second-order valence-corrected chi connectivity index (χ2v) is 5.45. The summed E-state index contributed by atoms with van der Waals surface area (Å²) in [6, 6.07) is 11.6. The molecule has 0 radical (unpaired) electrons. The van der Waals surface area contributed by atoms with Crippen LogP contribution in [0.4, 0.5) is 0 Å². The van der Waals surface area contributed by atoms with Gasteiger partial charge in [0.05, 0.1) is 14.2 Å². The summed E-state index contributed by atoms with van der Waals surface area (Å²) in [5, 5.41) is 0. The molecule has 2 aromatic rings. The third kappa shape index (κ3) is 4.38. The molecule has 24 heavy (non-hydrogen) atoms. The van der Waals surface area contributed by atoms with Crippen LogP contribution in [0.2, 0.25) is 0 Å². The van der Waals surface area contributed by atoms with E-state index in [2.05, 4.69) is 0 Å². The summed E-state index contributed by atoms with van der Waals surface area (Å²) in [7, 11) is 3.14. The van der Waals surface area contributed by atoms with Gasteiger partial charge in [-0.1, -0.05) is 35.9 Å². The number of rotatable bonds is 6. The number of benzene rings is 2. The van der Waals surface area contributed by atoms with Gasteiger partial charge in [-0.2, -0.15) is 0 Å². The molecular formula is C20H22O4. The number of hydrogen-bond donors (Lipinski definition) is 0. The Balaban J connectivity index is 2.05. The van der Waals surface area contributed by atoms with Crippen LogP contribution in [-0.4, -0.2) is 20.2 Å². The maximum Gasteiger partial charge on any atom is 0.331 e. The lowest BCUT2D eigenvalue weighted by atomic mass is 10.1. The highest BCUT2D eigenvalue weighted by Crippen LogP contribution is 2.31. The van der Waals surface area contributed by atoms with E-state index < -0.39 is 5.97 Å². The zero-order chi connectivity index (χ0) is 17.5. The van der Waals surface area contributed by atoms with Crippen LogP contribution in [0.15, 0.2) is 42.5 Å². The molecule has 0 aliphatic carbocycles. The predicted octanol–water partition coefficient (Wildman–Crippen LogP) is 4.08. The molecule has 0 unspecified atom stereocenters. The quantitative estimate of drug-likeness (QED) is 0.593. The average molecular weight is 326 g/mol. The molecule has 4 heteroatoms. The number of carbonyl (C=O) groups is 1. The van der Waals surface area contributed by atoms with E-state index in [1.807, 2.05) is 44.2 Å². The lowest BCUT2D eigenvalue weighted by Gasteiger charge is -2.10. The lowest BCUT2D eigenvalue weighted by molar-refractivity contribution is -0.138. The molecular weight excluding hydrogens is 304 g/mol. The van der Waals surface area contributed by atoms with Crippen LogP contribution in [0.5, 0.6) is 11.5 Å². The van der Waals surface area contributed by atoms with Gasteiger partial charge in [-0.3, -0.25) is 0 Å². The molecule has 2 rings (SSSR count). The van der Waals surface area contributed by atoms with Gasteiger partial charge in [0.15, 0.2) is 11.5 Å². The smallest absolute Gasteiger partial charge is 0.331 e. The first-order valence-corrected chi connectivity index (χ1v) is 7.67. The van der Waals surface area contributed by atoms with Crippen molar-refractivity contribution in [1.82, 2.24) is 0 Å². The minimum atomic E-state index is -0.402. The van der Waals surface area contributed by atoms with Crippen molar-refractivity contribution in [2.24, 2.45) is 0 Å². The molecule has 0 heterocycles. The monoisotopic (exact) mass is 326 g/mol. The van der Waals surface area contributed by atoms with E-state index in [4.69, 9.17) is 14.2 Å². The van der Waals surface area contributed by atoms with E-state index in [9.17, 15) is 4.79 Å². The third-order valence-electron chi connectivity index (χ3n) is 3.71. The molecule has 126 valence electrons. The van der Waals surface area contributed by atoms with Crippen molar-refractivity contribution < 1.29 is 19.0 Å². The van der Waals surface area contributed by atoms with Gasteiger partial charge in [-0.25, -0.2) is 4.79 Å². The number of aryl methyl sites for hydroxylation is 2. The van der Waals surface area contributed by atoms with Crippen LogP contribution < -0.4 is 9.47 Å². The number of esters is 1. The molecule has 0 aliphatic rings. The average Bonchev–Trinajstić information content (AvgIpc) is 2.60. The van der Waals surface area contributed by atoms with E-state index >= 15 is 0 Å². The normalized spacial score (nSPS) is 10.7. The van der Waals surface area contributed by atoms with Gasteiger partial charge in [0.25, 0.3) is 0 Å². The molecule has 0 aromatic heterocycles. The van der Waals surface area contributed by atoms with Crippen molar-refractivity contribution in [3.8, 4) is 11.5 Å². The molecule has 0 amide bonds. The summed E-state index contributed by atoms with van der Waals surface area (Å²) in [6.45, 7) is 4.27. The van der Waals surface area contributed by atoms with Gasteiger partial charge in [0, 0.05) is 11.6 Å². The van der Waals surface area contributed by atoms with Crippen LogP contribution in [0, 0.1) is 13.8 Å². The highest BCUT2D eigenvalue weighted by Gasteiger charge is 2.08. The van der Waals surface area contributed by atoms with E-state index in [0.717, 1.165) is 22.3 Å². The van der Waals surface area contributed by atoms with Gasteiger partial charge in [-0.05, 0) is 37.1 Å². The van der Waals surface area contributed by atoms with E-state index in [0.29, 0.717) is 11.5 Å². The van der Waals surface area contributed by atoms with Crippen LogP contribution in [-0.2, 0) is 16.1 Å². The molecule has 0 spiro atoms. The standard InChI is InChI=1S/C20H22O4/c1-14-8-9-15(2)17(12-14)13-24-19(21)11-10-16-6-5-7-18(22-3)20(16)23-4/h5-12H,13H2,1-4H3/b11-10+. The van der Waals surface area contributed by atoms with Gasteiger partial charge in [0.1, 0.15) is 6.61 Å². The first-order chi connectivity index (χ1) is 11.5. The summed E-state index contributed by atoms with van der Waals surface area (Å²) in [5.74, 6) is 0.794. The fourth-order valence-corrected chi connectivity index (χ4v) is 2.35. The zero-order valence-corrected chi connectivity index (χ0v) is 14.5. The topological polar surface area (TPSA) is 44.8 Å². The molecule has 0 atom stereocenters. The zero-order valence-electron chi connectivity index (χ0n) is 14.5. The molecule has 0 bridgehead atoms. The largest absolute Gasteiger partial charge is 0.493 e. The molecule has 0 saturated carbocycles. The van der Waals surface area contributed by atoms with Gasteiger partial charge < -0.3 is 14.2 Å². The maximum absolute atomic E-state index is 12.0. The van der Waals surface area contributed by atoms with Gasteiger partial charge in [0.2, 0.25) is 0 Å².